The van der Waals surface area contributed by atoms with Gasteiger partial charge in [-0.05, 0) is 57.0 Å². The van der Waals surface area contributed by atoms with Crippen molar-refractivity contribution in [2.75, 3.05) is 20.2 Å². The summed E-state index contributed by atoms with van der Waals surface area (Å²) < 4.78 is 18.3. The highest BCUT2D eigenvalue weighted by atomic mass is 19.1. The number of carbonyl (C=O) groups is 2. The minimum Gasteiger partial charge on any atom is -0.468 e. The number of esters is 1. The Hall–Kier alpha value is -1.95. The fourth-order valence-corrected chi connectivity index (χ4v) is 2.95. The van der Waals surface area contributed by atoms with Crippen LogP contribution in [0.25, 0.3) is 0 Å². The number of rotatable bonds is 5. The van der Waals surface area contributed by atoms with Crippen LogP contribution >= 0.6 is 0 Å². The van der Waals surface area contributed by atoms with Crippen molar-refractivity contribution in [3.05, 3.63) is 35.1 Å². The smallest absolute Gasteiger partial charge is 0.322 e. The number of aryl methyl sites for hydroxylation is 1. The molecule has 1 aliphatic heterocycles. The lowest BCUT2D eigenvalue weighted by atomic mass is 9.95. The summed E-state index contributed by atoms with van der Waals surface area (Å²) in [5.74, 6) is -0.589. The number of nitrogens with one attached hydrogen (secondary N) is 1. The summed E-state index contributed by atoms with van der Waals surface area (Å²) in [6.07, 6.45) is 1.41. The Bertz CT molecular complexity index is 598. The van der Waals surface area contributed by atoms with Gasteiger partial charge in [-0.15, -0.1) is 0 Å². The first kappa shape index (κ1) is 18.4. The van der Waals surface area contributed by atoms with Crippen molar-refractivity contribution in [1.82, 2.24) is 10.2 Å². The van der Waals surface area contributed by atoms with Crippen LogP contribution in [0.5, 0.6) is 0 Å². The van der Waals surface area contributed by atoms with Crippen LogP contribution in [-0.2, 0) is 20.9 Å². The number of hydrogen-bond acceptors (Lipinski definition) is 4. The van der Waals surface area contributed by atoms with Gasteiger partial charge in [0.1, 0.15) is 11.9 Å². The molecule has 1 atom stereocenters. The number of hydrogen-bond donors (Lipinski definition) is 1. The lowest BCUT2D eigenvalue weighted by Gasteiger charge is -2.34. The molecule has 6 heteroatoms. The van der Waals surface area contributed by atoms with Gasteiger partial charge in [-0.3, -0.25) is 14.5 Å². The maximum atomic E-state index is 13.5. The van der Waals surface area contributed by atoms with Crippen molar-refractivity contribution < 1.29 is 18.7 Å². The molecule has 1 fully saturated rings. The van der Waals surface area contributed by atoms with E-state index in [1.165, 1.54) is 13.2 Å². The number of halogens is 1. The van der Waals surface area contributed by atoms with Crippen LogP contribution in [0.15, 0.2) is 18.2 Å². The Morgan fingerprint density at radius 2 is 2.04 bits per heavy atom. The van der Waals surface area contributed by atoms with E-state index in [0.717, 1.165) is 5.56 Å². The van der Waals surface area contributed by atoms with Crippen molar-refractivity contribution in [3.63, 3.8) is 0 Å². The number of benzene rings is 1. The Kier molecular flexibility index (Phi) is 6.31. The maximum Gasteiger partial charge on any atom is 0.322 e. The van der Waals surface area contributed by atoms with E-state index >= 15 is 0 Å². The number of piperidine rings is 1. The second kappa shape index (κ2) is 8.24. The molecule has 1 aliphatic rings. The van der Waals surface area contributed by atoms with Gasteiger partial charge in [0.15, 0.2) is 0 Å². The molecule has 0 spiro atoms. The number of likely N-dealkylation sites (tertiary alicyclic amines) is 1. The van der Waals surface area contributed by atoms with Crippen LogP contribution in [-0.4, -0.2) is 43.0 Å². The lowest BCUT2D eigenvalue weighted by Crippen LogP contribution is -2.46. The topological polar surface area (TPSA) is 58.6 Å². The normalized spacial score (nSPS) is 17.3. The third-order valence-corrected chi connectivity index (χ3v) is 4.69. The lowest BCUT2D eigenvalue weighted by molar-refractivity contribution is -0.147. The zero-order chi connectivity index (χ0) is 17.7. The number of methoxy groups -OCH3 is 1. The average Bonchev–Trinajstić information content (AvgIpc) is 2.61. The minimum atomic E-state index is -0.283. The minimum absolute atomic E-state index is 0.0126. The van der Waals surface area contributed by atoms with E-state index < -0.39 is 0 Å². The van der Waals surface area contributed by atoms with Gasteiger partial charge in [0.2, 0.25) is 5.91 Å². The molecule has 0 bridgehead atoms. The average molecular weight is 336 g/mol. The van der Waals surface area contributed by atoms with Gasteiger partial charge in [0.05, 0.1) is 7.11 Å². The van der Waals surface area contributed by atoms with E-state index in [1.54, 1.807) is 13.0 Å². The van der Waals surface area contributed by atoms with E-state index in [1.807, 2.05) is 17.9 Å². The standard InChI is InChI=1S/C18H25FN2O3/c1-12-4-5-14(10-16(12)19)11-20-17(22)15-6-8-21(9-7-15)13(2)18(23)24-3/h4-5,10,13,15H,6-9,11H2,1-3H3,(H,20,22). The Balaban J connectivity index is 1.80. The first-order valence-electron chi connectivity index (χ1n) is 8.27. The summed E-state index contributed by atoms with van der Waals surface area (Å²) in [5.41, 5.74) is 1.35. The molecular formula is C18H25FN2O3. The van der Waals surface area contributed by atoms with Crippen LogP contribution in [0.3, 0.4) is 0 Å². The Morgan fingerprint density at radius 1 is 1.38 bits per heavy atom. The first-order chi connectivity index (χ1) is 11.4. The van der Waals surface area contributed by atoms with Crippen molar-refractivity contribution in [2.45, 2.75) is 39.3 Å². The number of ether oxygens (including phenoxy) is 1. The van der Waals surface area contributed by atoms with E-state index in [2.05, 4.69) is 5.32 Å². The second-order valence-corrected chi connectivity index (χ2v) is 6.31. The molecule has 5 nitrogen and oxygen atoms in total. The van der Waals surface area contributed by atoms with Gasteiger partial charge in [0.25, 0.3) is 0 Å². The van der Waals surface area contributed by atoms with Crippen molar-refractivity contribution in [3.8, 4) is 0 Å². The summed E-state index contributed by atoms with van der Waals surface area (Å²) in [6.45, 7) is 5.23. The van der Waals surface area contributed by atoms with Gasteiger partial charge in [-0.2, -0.15) is 0 Å². The molecule has 1 amide bonds. The van der Waals surface area contributed by atoms with Crippen LogP contribution in [0.2, 0.25) is 0 Å². The molecule has 1 aromatic carbocycles. The third kappa shape index (κ3) is 4.54. The summed E-state index contributed by atoms with van der Waals surface area (Å²) in [7, 11) is 1.38. The molecule has 1 saturated heterocycles. The Labute approximate surface area is 142 Å². The Morgan fingerprint density at radius 3 is 2.62 bits per heavy atom. The van der Waals surface area contributed by atoms with Gasteiger partial charge >= 0.3 is 5.97 Å². The highest BCUT2D eigenvalue weighted by Gasteiger charge is 2.29. The molecule has 1 unspecified atom stereocenters. The quantitative estimate of drug-likeness (QED) is 0.836. The second-order valence-electron chi connectivity index (χ2n) is 6.31. The summed E-state index contributed by atoms with van der Waals surface area (Å²) in [4.78, 5) is 25.9. The van der Waals surface area contributed by atoms with Gasteiger partial charge in [0, 0.05) is 12.5 Å². The highest BCUT2D eigenvalue weighted by molar-refractivity contribution is 5.79. The molecular weight excluding hydrogens is 311 g/mol. The number of amides is 1. The van der Waals surface area contributed by atoms with E-state index in [-0.39, 0.29) is 29.7 Å². The van der Waals surface area contributed by atoms with E-state index in [4.69, 9.17) is 4.74 Å². The van der Waals surface area contributed by atoms with E-state index in [0.29, 0.717) is 38.0 Å². The van der Waals surface area contributed by atoms with Crippen molar-refractivity contribution in [1.29, 1.82) is 0 Å². The highest BCUT2D eigenvalue weighted by Crippen LogP contribution is 2.20. The zero-order valence-corrected chi connectivity index (χ0v) is 14.5. The molecule has 24 heavy (non-hydrogen) atoms. The fraction of sp³-hybridized carbons (Fsp3) is 0.556. The summed E-state index contributed by atoms with van der Waals surface area (Å²) in [5, 5.41) is 2.88. The number of carbonyl (C=O) groups excluding carboxylic acids is 2. The molecule has 0 radical (unpaired) electrons. The van der Waals surface area contributed by atoms with Gasteiger partial charge < -0.3 is 10.1 Å². The summed E-state index contributed by atoms with van der Waals surface area (Å²) >= 11 is 0. The van der Waals surface area contributed by atoms with Gasteiger partial charge in [-0.25, -0.2) is 4.39 Å². The molecule has 0 aromatic heterocycles. The SMILES string of the molecule is COC(=O)C(C)N1CCC(C(=O)NCc2ccc(C)c(F)c2)CC1. The fourth-order valence-electron chi connectivity index (χ4n) is 2.95. The molecule has 0 saturated carbocycles. The van der Waals surface area contributed by atoms with Crippen LogP contribution in [0.1, 0.15) is 30.9 Å². The molecule has 1 N–H and O–H groups in total. The molecule has 132 valence electrons. The summed E-state index contributed by atoms with van der Waals surface area (Å²) in [6, 6.07) is 4.70. The van der Waals surface area contributed by atoms with Crippen molar-refractivity contribution in [2.24, 2.45) is 5.92 Å². The van der Waals surface area contributed by atoms with Crippen LogP contribution in [0, 0.1) is 18.7 Å². The maximum absolute atomic E-state index is 13.5. The van der Waals surface area contributed by atoms with E-state index in [9.17, 15) is 14.0 Å². The predicted octanol–water partition coefficient (Wildman–Crippen LogP) is 2.02. The monoisotopic (exact) mass is 336 g/mol. The number of nitrogens with zero attached hydrogens (tertiary/aromatic N) is 1. The third-order valence-electron chi connectivity index (χ3n) is 4.69. The zero-order valence-electron chi connectivity index (χ0n) is 14.5. The largest absolute Gasteiger partial charge is 0.468 e. The van der Waals surface area contributed by atoms with Crippen LogP contribution in [0.4, 0.5) is 4.39 Å². The van der Waals surface area contributed by atoms with Gasteiger partial charge in [-0.1, -0.05) is 12.1 Å². The first-order valence-corrected chi connectivity index (χ1v) is 8.27. The predicted molar refractivity (Wildman–Crippen MR) is 88.8 cm³/mol. The molecule has 1 heterocycles. The molecule has 2 rings (SSSR count). The molecule has 0 aliphatic carbocycles. The molecule has 1 aromatic rings. The van der Waals surface area contributed by atoms with Crippen LogP contribution < -0.4 is 5.32 Å². The van der Waals surface area contributed by atoms with Crippen molar-refractivity contribution >= 4 is 11.9 Å².